The van der Waals surface area contributed by atoms with Crippen molar-refractivity contribution in [3.63, 3.8) is 0 Å². The first kappa shape index (κ1) is 17.3. The Morgan fingerprint density at radius 3 is 2.82 bits per heavy atom. The van der Waals surface area contributed by atoms with E-state index in [2.05, 4.69) is 16.6 Å². The Morgan fingerprint density at radius 2 is 2.18 bits per heavy atom. The van der Waals surface area contributed by atoms with Crippen molar-refractivity contribution in [1.29, 1.82) is 0 Å². The summed E-state index contributed by atoms with van der Waals surface area (Å²) in [6, 6.07) is 0. The van der Waals surface area contributed by atoms with Crippen LogP contribution in [0.1, 0.15) is 30.5 Å². The molecule has 7 nitrogen and oxygen atoms in total. The summed E-state index contributed by atoms with van der Waals surface area (Å²) in [4.78, 5) is 14.8. The van der Waals surface area contributed by atoms with Gasteiger partial charge in [-0.15, -0.1) is 11.3 Å². The van der Waals surface area contributed by atoms with Crippen LogP contribution in [0.2, 0.25) is 0 Å². The zero-order valence-corrected chi connectivity index (χ0v) is 14.1. The molecule has 124 valence electrons. The Labute approximate surface area is 134 Å². The van der Waals surface area contributed by atoms with Gasteiger partial charge in [-0.25, -0.2) is 9.71 Å². The van der Waals surface area contributed by atoms with Crippen LogP contribution >= 0.6 is 11.3 Å². The number of carboxylic acid groups (broad SMARTS) is 1. The minimum Gasteiger partial charge on any atom is -0.481 e. The molecular weight excluding hydrogens is 326 g/mol. The molecule has 0 aromatic carbocycles. The van der Waals surface area contributed by atoms with Crippen molar-refractivity contribution >= 4 is 27.5 Å². The third-order valence-corrected chi connectivity index (χ3v) is 6.21. The maximum atomic E-state index is 12.2. The van der Waals surface area contributed by atoms with Gasteiger partial charge in [0.25, 0.3) is 10.2 Å². The zero-order valence-electron chi connectivity index (χ0n) is 12.5. The van der Waals surface area contributed by atoms with Crippen LogP contribution in [0.25, 0.3) is 0 Å². The molecule has 22 heavy (non-hydrogen) atoms. The highest BCUT2D eigenvalue weighted by Gasteiger charge is 2.25. The van der Waals surface area contributed by atoms with E-state index in [0.717, 1.165) is 17.8 Å². The molecular formula is C13H21N3O4S2. The second-order valence-corrected chi connectivity index (χ2v) is 8.23. The number of nitrogens with zero attached hydrogens (tertiary/aromatic N) is 2. The molecule has 0 radical (unpaired) electrons. The fourth-order valence-corrected chi connectivity index (χ4v) is 4.34. The van der Waals surface area contributed by atoms with E-state index in [9.17, 15) is 13.2 Å². The molecule has 1 aromatic rings. The second kappa shape index (κ2) is 7.49. The van der Waals surface area contributed by atoms with Gasteiger partial charge in [0.2, 0.25) is 0 Å². The molecule has 0 amide bonds. The lowest BCUT2D eigenvalue weighted by Crippen LogP contribution is -2.45. The van der Waals surface area contributed by atoms with Gasteiger partial charge in [0.15, 0.2) is 0 Å². The number of carboxylic acids is 1. The van der Waals surface area contributed by atoms with Crippen molar-refractivity contribution in [2.45, 2.75) is 32.6 Å². The van der Waals surface area contributed by atoms with Crippen LogP contribution < -0.4 is 4.72 Å². The Kier molecular flexibility index (Phi) is 5.90. The number of carbonyl (C=O) groups is 1. The summed E-state index contributed by atoms with van der Waals surface area (Å²) in [5.41, 5.74) is 0.514. The third kappa shape index (κ3) is 5.01. The van der Waals surface area contributed by atoms with Crippen molar-refractivity contribution in [1.82, 2.24) is 14.0 Å². The van der Waals surface area contributed by atoms with E-state index in [1.807, 2.05) is 0 Å². The van der Waals surface area contributed by atoms with Gasteiger partial charge in [-0.1, -0.05) is 6.92 Å². The fraction of sp³-hybridized carbons (Fsp3) is 0.692. The van der Waals surface area contributed by atoms with Crippen LogP contribution in [0.15, 0.2) is 5.38 Å². The molecule has 1 aliphatic rings. The average molecular weight is 347 g/mol. The van der Waals surface area contributed by atoms with Gasteiger partial charge in [-0.05, 0) is 18.8 Å². The van der Waals surface area contributed by atoms with Gasteiger partial charge in [0.05, 0.1) is 17.1 Å². The summed E-state index contributed by atoms with van der Waals surface area (Å²) in [7, 11) is -3.42. The maximum absolute atomic E-state index is 12.2. The van der Waals surface area contributed by atoms with Gasteiger partial charge in [-0.2, -0.15) is 12.7 Å². The van der Waals surface area contributed by atoms with Gasteiger partial charge in [0, 0.05) is 31.4 Å². The van der Waals surface area contributed by atoms with E-state index in [0.29, 0.717) is 31.1 Å². The average Bonchev–Trinajstić information content (AvgIpc) is 2.85. The molecule has 1 aromatic heterocycles. The lowest BCUT2D eigenvalue weighted by Gasteiger charge is -2.29. The van der Waals surface area contributed by atoms with Crippen LogP contribution in [-0.2, 0) is 27.8 Å². The monoisotopic (exact) mass is 347 g/mol. The SMILES string of the molecule is CC1CCN(S(=O)(=O)NCCc2nc(CC(=O)O)cs2)CC1. The molecule has 0 atom stereocenters. The standard InChI is InChI=1S/C13H21N3O4S2/c1-10-3-6-16(7-4-10)22(19,20)14-5-2-12-15-11(9-21-12)8-13(17)18/h9-10,14H,2-8H2,1H3,(H,17,18). The van der Waals surface area contributed by atoms with Crippen LogP contribution in [0, 0.1) is 5.92 Å². The first-order valence-electron chi connectivity index (χ1n) is 7.26. The van der Waals surface area contributed by atoms with Crippen molar-refractivity contribution in [2.75, 3.05) is 19.6 Å². The zero-order chi connectivity index (χ0) is 16.2. The molecule has 2 heterocycles. The van der Waals surface area contributed by atoms with Gasteiger partial charge >= 0.3 is 5.97 Å². The van der Waals surface area contributed by atoms with Gasteiger partial charge in [-0.3, -0.25) is 4.79 Å². The van der Waals surface area contributed by atoms with E-state index < -0.39 is 16.2 Å². The molecule has 2 rings (SSSR count). The minimum absolute atomic E-state index is 0.103. The molecule has 0 aliphatic carbocycles. The van der Waals surface area contributed by atoms with Crippen LogP contribution in [0.4, 0.5) is 0 Å². The molecule has 0 spiro atoms. The maximum Gasteiger partial charge on any atom is 0.309 e. The van der Waals surface area contributed by atoms with Crippen molar-refractivity contribution < 1.29 is 18.3 Å². The summed E-state index contributed by atoms with van der Waals surface area (Å²) >= 11 is 1.36. The summed E-state index contributed by atoms with van der Waals surface area (Å²) < 4.78 is 28.4. The smallest absolute Gasteiger partial charge is 0.309 e. The van der Waals surface area contributed by atoms with Gasteiger partial charge in [0.1, 0.15) is 0 Å². The quantitative estimate of drug-likeness (QED) is 0.763. The highest BCUT2D eigenvalue weighted by atomic mass is 32.2. The molecule has 0 bridgehead atoms. The summed E-state index contributed by atoms with van der Waals surface area (Å²) in [5.74, 6) is -0.341. The van der Waals surface area contributed by atoms with Crippen LogP contribution in [-0.4, -0.2) is 48.4 Å². The Bertz CT molecular complexity index is 607. The second-order valence-electron chi connectivity index (χ2n) is 5.53. The Balaban J connectivity index is 1.80. The number of aromatic nitrogens is 1. The first-order chi connectivity index (χ1) is 10.4. The summed E-state index contributed by atoms with van der Waals surface area (Å²) in [6.45, 7) is 3.54. The topological polar surface area (TPSA) is 99.6 Å². The van der Waals surface area contributed by atoms with Crippen molar-refractivity contribution in [2.24, 2.45) is 5.92 Å². The number of hydrogen-bond acceptors (Lipinski definition) is 5. The summed E-state index contributed by atoms with van der Waals surface area (Å²) in [5, 5.41) is 11.1. The number of piperidine rings is 1. The van der Waals surface area contributed by atoms with E-state index in [1.54, 1.807) is 5.38 Å². The molecule has 1 aliphatic heterocycles. The van der Waals surface area contributed by atoms with E-state index in [4.69, 9.17) is 5.11 Å². The minimum atomic E-state index is -3.42. The lowest BCUT2D eigenvalue weighted by atomic mass is 10.0. The predicted octanol–water partition coefficient (Wildman–Crippen LogP) is 0.879. The highest BCUT2D eigenvalue weighted by molar-refractivity contribution is 7.87. The van der Waals surface area contributed by atoms with Gasteiger partial charge < -0.3 is 5.11 Å². The predicted molar refractivity (Wildman–Crippen MR) is 84.1 cm³/mol. The van der Waals surface area contributed by atoms with Crippen molar-refractivity contribution in [3.8, 4) is 0 Å². The number of rotatable bonds is 7. The molecule has 9 heteroatoms. The number of thiazole rings is 1. The van der Waals surface area contributed by atoms with E-state index in [-0.39, 0.29) is 13.0 Å². The highest BCUT2D eigenvalue weighted by Crippen LogP contribution is 2.18. The number of nitrogens with one attached hydrogen (secondary N) is 1. The normalized spacial score (nSPS) is 17.7. The third-order valence-electron chi connectivity index (χ3n) is 3.64. The molecule has 1 saturated heterocycles. The van der Waals surface area contributed by atoms with Crippen LogP contribution in [0.3, 0.4) is 0 Å². The van der Waals surface area contributed by atoms with Crippen LogP contribution in [0.5, 0.6) is 0 Å². The van der Waals surface area contributed by atoms with Crippen molar-refractivity contribution in [3.05, 3.63) is 16.1 Å². The summed E-state index contributed by atoms with van der Waals surface area (Å²) in [6.07, 6.45) is 2.15. The fourth-order valence-electron chi connectivity index (χ4n) is 2.30. The van der Waals surface area contributed by atoms with E-state index >= 15 is 0 Å². The number of aliphatic carboxylic acids is 1. The Hall–Kier alpha value is -1.03. The van der Waals surface area contributed by atoms with E-state index in [1.165, 1.54) is 15.6 Å². The molecule has 1 fully saturated rings. The molecule has 0 saturated carbocycles. The molecule has 0 unspecified atom stereocenters. The lowest BCUT2D eigenvalue weighted by molar-refractivity contribution is -0.136. The largest absolute Gasteiger partial charge is 0.481 e. The Morgan fingerprint density at radius 1 is 1.50 bits per heavy atom. The number of hydrogen-bond donors (Lipinski definition) is 2. The molecule has 2 N–H and O–H groups in total. The first-order valence-corrected chi connectivity index (χ1v) is 9.58.